The van der Waals surface area contributed by atoms with Gasteiger partial charge in [-0.15, -0.1) is 11.3 Å². The lowest BCUT2D eigenvalue weighted by atomic mass is 10.1. The van der Waals surface area contributed by atoms with Crippen LogP contribution in [0.4, 0.5) is 0 Å². The zero-order valence-corrected chi connectivity index (χ0v) is 14.4. The third-order valence-electron chi connectivity index (χ3n) is 4.96. The molecule has 2 aliphatic rings. The van der Waals surface area contributed by atoms with E-state index in [2.05, 4.69) is 40.2 Å². The minimum Gasteiger partial charge on any atom is -0.305 e. The maximum Gasteiger partial charge on any atom is 0.0328 e. The van der Waals surface area contributed by atoms with Crippen molar-refractivity contribution in [3.05, 3.63) is 21.9 Å². The molecule has 0 unspecified atom stereocenters. The van der Waals surface area contributed by atoms with Gasteiger partial charge >= 0.3 is 0 Å². The average Bonchev–Trinajstić information content (AvgIpc) is 3.09. The molecule has 0 spiro atoms. The van der Waals surface area contributed by atoms with E-state index in [-0.39, 0.29) is 0 Å². The van der Waals surface area contributed by atoms with Crippen molar-refractivity contribution in [2.45, 2.75) is 44.8 Å². The smallest absolute Gasteiger partial charge is 0.0328 e. The van der Waals surface area contributed by atoms with Crippen molar-refractivity contribution in [3.63, 3.8) is 0 Å². The lowest BCUT2D eigenvalue weighted by Gasteiger charge is -2.26. The molecule has 3 heterocycles. The van der Waals surface area contributed by atoms with Gasteiger partial charge in [-0.25, -0.2) is 0 Å². The first-order valence-corrected chi connectivity index (χ1v) is 9.26. The number of likely N-dealkylation sites (N-methyl/N-ethyl adjacent to an activating group) is 2. The fourth-order valence-corrected chi connectivity index (χ4v) is 4.56. The van der Waals surface area contributed by atoms with E-state index in [1.54, 1.807) is 0 Å². The van der Waals surface area contributed by atoms with Crippen LogP contribution in [0.3, 0.4) is 0 Å². The number of thiophene rings is 1. The molecule has 2 aliphatic heterocycles. The molecule has 21 heavy (non-hydrogen) atoms. The van der Waals surface area contributed by atoms with E-state index in [9.17, 15) is 0 Å². The predicted octanol–water partition coefficient (Wildman–Crippen LogP) is 2.87. The van der Waals surface area contributed by atoms with E-state index in [4.69, 9.17) is 0 Å². The Hall–Kier alpha value is -0.420. The summed E-state index contributed by atoms with van der Waals surface area (Å²) in [6.07, 6.45) is 5.51. The van der Waals surface area contributed by atoms with E-state index < -0.39 is 0 Å². The van der Waals surface area contributed by atoms with E-state index in [1.165, 1.54) is 62.3 Å². The summed E-state index contributed by atoms with van der Waals surface area (Å²) in [5.74, 6) is 0. The van der Waals surface area contributed by atoms with Crippen molar-refractivity contribution in [1.82, 2.24) is 14.7 Å². The fraction of sp³-hybridized carbons (Fsp3) is 0.765. The number of likely N-dealkylation sites (tertiary alicyclic amines) is 2. The van der Waals surface area contributed by atoms with Gasteiger partial charge in [-0.05, 0) is 70.0 Å². The maximum absolute atomic E-state index is 2.62. The van der Waals surface area contributed by atoms with E-state index in [0.29, 0.717) is 0 Å². The summed E-state index contributed by atoms with van der Waals surface area (Å²) >= 11 is 1.94. The third-order valence-corrected chi connectivity index (χ3v) is 5.93. The largest absolute Gasteiger partial charge is 0.305 e. The third kappa shape index (κ3) is 4.28. The second-order valence-corrected chi connectivity index (χ2v) is 7.87. The molecule has 1 aromatic heterocycles. The lowest BCUT2D eigenvalue weighted by molar-refractivity contribution is 0.220. The monoisotopic (exact) mass is 307 g/mol. The minimum absolute atomic E-state index is 0.739. The normalized spacial score (nSPS) is 25.0. The van der Waals surface area contributed by atoms with Gasteiger partial charge in [0.1, 0.15) is 0 Å². The van der Waals surface area contributed by atoms with Gasteiger partial charge in [0.15, 0.2) is 0 Å². The zero-order valence-electron chi connectivity index (χ0n) is 13.6. The highest BCUT2D eigenvalue weighted by Crippen LogP contribution is 2.22. The van der Waals surface area contributed by atoms with Gasteiger partial charge in [-0.1, -0.05) is 6.42 Å². The molecule has 0 saturated carbocycles. The van der Waals surface area contributed by atoms with Gasteiger partial charge in [-0.3, -0.25) is 9.80 Å². The van der Waals surface area contributed by atoms with Crippen molar-refractivity contribution in [2.24, 2.45) is 0 Å². The van der Waals surface area contributed by atoms with Crippen molar-refractivity contribution in [1.29, 1.82) is 0 Å². The molecule has 118 valence electrons. The van der Waals surface area contributed by atoms with Gasteiger partial charge in [-0.2, -0.15) is 0 Å². The Labute approximate surface area is 133 Å². The number of piperidine rings is 1. The average molecular weight is 308 g/mol. The first kappa shape index (κ1) is 15.5. The standard InChI is InChI=1S/C17H29N3S/c1-18-9-6-16(12-18)19(2)13-17-10-15(14-21-17)11-20-7-4-3-5-8-20/h10,14,16H,3-9,11-13H2,1-2H3/t16-/m1/s1. The van der Waals surface area contributed by atoms with Gasteiger partial charge < -0.3 is 4.90 Å². The van der Waals surface area contributed by atoms with Crippen molar-refractivity contribution >= 4 is 11.3 Å². The van der Waals surface area contributed by atoms with E-state index >= 15 is 0 Å². The molecule has 1 atom stereocenters. The lowest BCUT2D eigenvalue weighted by Crippen LogP contribution is -2.33. The van der Waals surface area contributed by atoms with Crippen LogP contribution in [-0.4, -0.2) is 61.0 Å². The van der Waals surface area contributed by atoms with E-state index in [0.717, 1.165) is 19.1 Å². The Morgan fingerprint density at radius 3 is 2.76 bits per heavy atom. The number of hydrogen-bond acceptors (Lipinski definition) is 4. The van der Waals surface area contributed by atoms with Crippen LogP contribution in [0.25, 0.3) is 0 Å². The van der Waals surface area contributed by atoms with Crippen LogP contribution in [0.1, 0.15) is 36.1 Å². The molecule has 4 heteroatoms. The first-order valence-electron chi connectivity index (χ1n) is 8.38. The summed E-state index contributed by atoms with van der Waals surface area (Å²) in [6, 6.07) is 3.18. The van der Waals surface area contributed by atoms with E-state index in [1.807, 2.05) is 11.3 Å². The molecule has 0 bridgehead atoms. The Balaban J connectivity index is 1.50. The second-order valence-electron chi connectivity index (χ2n) is 6.88. The molecule has 0 N–H and O–H groups in total. The molecule has 0 amide bonds. The molecule has 1 aromatic rings. The van der Waals surface area contributed by atoms with Crippen LogP contribution in [0.2, 0.25) is 0 Å². The van der Waals surface area contributed by atoms with Crippen molar-refractivity contribution in [3.8, 4) is 0 Å². The van der Waals surface area contributed by atoms with Crippen LogP contribution in [0, 0.1) is 0 Å². The van der Waals surface area contributed by atoms with Crippen LogP contribution in [0.15, 0.2) is 11.4 Å². The highest BCUT2D eigenvalue weighted by molar-refractivity contribution is 7.10. The van der Waals surface area contributed by atoms with Crippen LogP contribution < -0.4 is 0 Å². The summed E-state index contributed by atoms with van der Waals surface area (Å²) < 4.78 is 0. The first-order chi connectivity index (χ1) is 10.2. The van der Waals surface area contributed by atoms with Gasteiger partial charge in [0.05, 0.1) is 0 Å². The summed E-state index contributed by atoms with van der Waals surface area (Å²) in [6.45, 7) is 7.33. The summed E-state index contributed by atoms with van der Waals surface area (Å²) in [5, 5.41) is 2.37. The predicted molar refractivity (Wildman–Crippen MR) is 90.8 cm³/mol. The molecule has 2 fully saturated rings. The number of hydrogen-bond donors (Lipinski definition) is 0. The number of nitrogens with zero attached hydrogens (tertiary/aromatic N) is 3. The van der Waals surface area contributed by atoms with Gasteiger partial charge in [0, 0.05) is 30.6 Å². The maximum atomic E-state index is 2.62. The molecule has 3 nitrogen and oxygen atoms in total. The quantitative estimate of drug-likeness (QED) is 0.828. The minimum atomic E-state index is 0.739. The molecule has 3 rings (SSSR count). The summed E-state index contributed by atoms with van der Waals surface area (Å²) in [5.41, 5.74) is 1.52. The Morgan fingerprint density at radius 2 is 2.05 bits per heavy atom. The fourth-order valence-electron chi connectivity index (χ4n) is 3.61. The van der Waals surface area contributed by atoms with Gasteiger partial charge in [0.25, 0.3) is 0 Å². The summed E-state index contributed by atoms with van der Waals surface area (Å²) in [4.78, 5) is 9.13. The number of rotatable bonds is 5. The highest BCUT2D eigenvalue weighted by atomic mass is 32.1. The Kier molecular flexibility index (Phi) is 5.33. The molecule has 2 saturated heterocycles. The summed E-state index contributed by atoms with van der Waals surface area (Å²) in [7, 11) is 4.52. The van der Waals surface area contributed by atoms with Gasteiger partial charge in [0.2, 0.25) is 0 Å². The van der Waals surface area contributed by atoms with Crippen LogP contribution in [-0.2, 0) is 13.1 Å². The topological polar surface area (TPSA) is 9.72 Å². The molecular formula is C17H29N3S. The SMILES string of the molecule is CN1CC[C@@H](N(C)Cc2cc(CN3CCCCC3)cs2)C1. The Morgan fingerprint density at radius 1 is 1.24 bits per heavy atom. The highest BCUT2D eigenvalue weighted by Gasteiger charge is 2.23. The Bertz CT molecular complexity index is 439. The molecule has 0 aromatic carbocycles. The second kappa shape index (κ2) is 7.23. The zero-order chi connectivity index (χ0) is 14.7. The van der Waals surface area contributed by atoms with Crippen molar-refractivity contribution in [2.75, 3.05) is 40.3 Å². The molecule has 0 aliphatic carbocycles. The molecular weight excluding hydrogens is 278 g/mol. The van der Waals surface area contributed by atoms with Crippen LogP contribution in [0.5, 0.6) is 0 Å². The molecule has 0 radical (unpaired) electrons. The van der Waals surface area contributed by atoms with Crippen molar-refractivity contribution < 1.29 is 0 Å². The van der Waals surface area contributed by atoms with Crippen LogP contribution >= 0.6 is 11.3 Å².